The fraction of sp³-hybridized carbons (Fsp3) is 0.500. The van der Waals surface area contributed by atoms with Crippen molar-refractivity contribution in [1.29, 1.82) is 5.26 Å². The van der Waals surface area contributed by atoms with Crippen LogP contribution in [0.3, 0.4) is 0 Å². The first kappa shape index (κ1) is 16.0. The van der Waals surface area contributed by atoms with Crippen LogP contribution in [0.25, 0.3) is 0 Å². The molecule has 0 bridgehead atoms. The van der Waals surface area contributed by atoms with Crippen LogP contribution in [-0.2, 0) is 0 Å². The van der Waals surface area contributed by atoms with Crippen LogP contribution in [0.4, 0.5) is 0 Å². The van der Waals surface area contributed by atoms with Crippen LogP contribution in [0.15, 0.2) is 24.3 Å². The van der Waals surface area contributed by atoms with Gasteiger partial charge in [0.05, 0.1) is 18.1 Å². The Balaban J connectivity index is 2.87. The van der Waals surface area contributed by atoms with E-state index in [0.29, 0.717) is 24.4 Å². The Morgan fingerprint density at radius 1 is 1.40 bits per heavy atom. The average molecular weight is 274 g/mol. The van der Waals surface area contributed by atoms with Gasteiger partial charge in [-0.25, -0.2) is 0 Å². The van der Waals surface area contributed by atoms with Gasteiger partial charge in [0, 0.05) is 18.7 Å². The maximum absolute atomic E-state index is 12.4. The number of rotatable bonds is 6. The molecular weight excluding hydrogens is 252 g/mol. The first-order valence-electron chi connectivity index (χ1n) is 6.93. The largest absolute Gasteiger partial charge is 0.491 e. The molecule has 0 aliphatic carbocycles. The van der Waals surface area contributed by atoms with Gasteiger partial charge in [-0.05, 0) is 45.9 Å². The van der Waals surface area contributed by atoms with Gasteiger partial charge in [-0.1, -0.05) is 6.07 Å². The van der Waals surface area contributed by atoms with E-state index in [0.717, 1.165) is 0 Å². The van der Waals surface area contributed by atoms with Crippen molar-refractivity contribution in [3.63, 3.8) is 0 Å². The number of carbonyl (C=O) groups excluding carboxylic acids is 1. The Morgan fingerprint density at radius 2 is 2.10 bits per heavy atom. The van der Waals surface area contributed by atoms with E-state index < -0.39 is 0 Å². The molecule has 0 aliphatic rings. The number of nitrogens with zero attached hydrogens (tertiary/aromatic N) is 2. The third kappa shape index (κ3) is 4.58. The SMILES string of the molecule is CCN(CC(C)C#N)C(=O)c1cccc(OC(C)C)c1. The molecule has 108 valence electrons. The number of amides is 1. The van der Waals surface area contributed by atoms with Crippen LogP contribution in [-0.4, -0.2) is 30.0 Å². The molecule has 1 aromatic carbocycles. The Labute approximate surface area is 121 Å². The number of carbonyl (C=O) groups is 1. The highest BCUT2D eigenvalue weighted by molar-refractivity contribution is 5.94. The second kappa shape index (κ2) is 7.54. The molecule has 0 radical (unpaired) electrons. The van der Waals surface area contributed by atoms with E-state index in [1.54, 1.807) is 17.0 Å². The molecule has 1 atom stereocenters. The lowest BCUT2D eigenvalue weighted by molar-refractivity contribution is 0.0752. The maximum Gasteiger partial charge on any atom is 0.254 e. The zero-order valence-electron chi connectivity index (χ0n) is 12.6. The molecule has 1 aromatic rings. The predicted molar refractivity (Wildman–Crippen MR) is 78.6 cm³/mol. The molecule has 0 saturated heterocycles. The molecule has 1 rings (SSSR count). The lowest BCUT2D eigenvalue weighted by Crippen LogP contribution is -2.34. The van der Waals surface area contributed by atoms with Gasteiger partial charge in [0.1, 0.15) is 5.75 Å². The molecule has 4 nitrogen and oxygen atoms in total. The van der Waals surface area contributed by atoms with Crippen molar-refractivity contribution in [2.45, 2.75) is 33.8 Å². The summed E-state index contributed by atoms with van der Waals surface area (Å²) < 4.78 is 5.60. The first-order chi connectivity index (χ1) is 9.47. The minimum absolute atomic E-state index is 0.0659. The van der Waals surface area contributed by atoms with Gasteiger partial charge in [0.2, 0.25) is 0 Å². The van der Waals surface area contributed by atoms with E-state index in [-0.39, 0.29) is 17.9 Å². The lowest BCUT2D eigenvalue weighted by Gasteiger charge is -2.22. The second-order valence-corrected chi connectivity index (χ2v) is 5.07. The fourth-order valence-corrected chi connectivity index (χ4v) is 1.88. The first-order valence-corrected chi connectivity index (χ1v) is 6.93. The Kier molecular flexibility index (Phi) is 6.05. The van der Waals surface area contributed by atoms with E-state index in [1.165, 1.54) is 0 Å². The van der Waals surface area contributed by atoms with E-state index in [9.17, 15) is 4.79 Å². The summed E-state index contributed by atoms with van der Waals surface area (Å²) in [6, 6.07) is 9.33. The third-order valence-electron chi connectivity index (χ3n) is 2.84. The van der Waals surface area contributed by atoms with Crippen molar-refractivity contribution in [3.8, 4) is 11.8 Å². The van der Waals surface area contributed by atoms with Crippen LogP contribution >= 0.6 is 0 Å². The molecule has 20 heavy (non-hydrogen) atoms. The summed E-state index contributed by atoms with van der Waals surface area (Å²) in [6.45, 7) is 8.65. The standard InChI is InChI=1S/C16H22N2O2/c1-5-18(11-13(4)10-17)16(19)14-7-6-8-15(9-14)20-12(2)3/h6-9,12-13H,5,11H2,1-4H3. The molecule has 0 N–H and O–H groups in total. The molecule has 4 heteroatoms. The van der Waals surface area contributed by atoms with E-state index in [4.69, 9.17) is 10.00 Å². The zero-order valence-corrected chi connectivity index (χ0v) is 12.6. The van der Waals surface area contributed by atoms with Crippen LogP contribution < -0.4 is 4.74 Å². The van der Waals surface area contributed by atoms with Crippen molar-refractivity contribution >= 4 is 5.91 Å². The van der Waals surface area contributed by atoms with Crippen molar-refractivity contribution in [1.82, 2.24) is 4.90 Å². The number of benzene rings is 1. The minimum Gasteiger partial charge on any atom is -0.491 e. The number of nitriles is 1. The molecule has 1 unspecified atom stereocenters. The smallest absolute Gasteiger partial charge is 0.254 e. The number of hydrogen-bond acceptors (Lipinski definition) is 3. The highest BCUT2D eigenvalue weighted by Crippen LogP contribution is 2.17. The zero-order chi connectivity index (χ0) is 15.1. The highest BCUT2D eigenvalue weighted by Gasteiger charge is 2.17. The summed E-state index contributed by atoms with van der Waals surface area (Å²) in [6.07, 6.45) is 0.0706. The molecular formula is C16H22N2O2. The van der Waals surface area contributed by atoms with Gasteiger partial charge >= 0.3 is 0 Å². The van der Waals surface area contributed by atoms with Gasteiger partial charge in [-0.3, -0.25) is 4.79 Å². The summed E-state index contributed by atoms with van der Waals surface area (Å²) in [5.74, 6) is 0.452. The highest BCUT2D eigenvalue weighted by atomic mass is 16.5. The molecule has 0 aromatic heterocycles. The summed E-state index contributed by atoms with van der Waals surface area (Å²) in [7, 11) is 0. The van der Waals surface area contributed by atoms with Gasteiger partial charge in [-0.2, -0.15) is 5.26 Å². The summed E-state index contributed by atoms with van der Waals surface area (Å²) in [4.78, 5) is 14.1. The van der Waals surface area contributed by atoms with Crippen molar-refractivity contribution in [2.24, 2.45) is 5.92 Å². The lowest BCUT2D eigenvalue weighted by atomic mass is 10.1. The van der Waals surface area contributed by atoms with E-state index in [1.807, 2.05) is 39.8 Å². The Morgan fingerprint density at radius 3 is 2.65 bits per heavy atom. The molecule has 0 fully saturated rings. The summed E-state index contributed by atoms with van der Waals surface area (Å²) >= 11 is 0. The van der Waals surface area contributed by atoms with Crippen molar-refractivity contribution in [3.05, 3.63) is 29.8 Å². The summed E-state index contributed by atoms with van der Waals surface area (Å²) in [5, 5.41) is 8.87. The average Bonchev–Trinajstić information content (AvgIpc) is 2.43. The number of hydrogen-bond donors (Lipinski definition) is 0. The topological polar surface area (TPSA) is 53.3 Å². The van der Waals surface area contributed by atoms with E-state index >= 15 is 0 Å². The number of ether oxygens (including phenoxy) is 1. The van der Waals surface area contributed by atoms with Gasteiger partial charge in [-0.15, -0.1) is 0 Å². The van der Waals surface area contributed by atoms with Gasteiger partial charge in [0.25, 0.3) is 5.91 Å². The molecule has 0 heterocycles. The Hall–Kier alpha value is -2.02. The quantitative estimate of drug-likeness (QED) is 0.801. The Bertz CT molecular complexity index is 491. The van der Waals surface area contributed by atoms with Gasteiger partial charge < -0.3 is 9.64 Å². The monoisotopic (exact) mass is 274 g/mol. The van der Waals surface area contributed by atoms with Crippen molar-refractivity contribution < 1.29 is 9.53 Å². The molecule has 1 amide bonds. The molecule has 0 aliphatic heterocycles. The maximum atomic E-state index is 12.4. The summed E-state index contributed by atoms with van der Waals surface area (Å²) in [5.41, 5.74) is 0.593. The third-order valence-corrected chi connectivity index (χ3v) is 2.84. The van der Waals surface area contributed by atoms with Crippen molar-refractivity contribution in [2.75, 3.05) is 13.1 Å². The van der Waals surface area contributed by atoms with Crippen LogP contribution in [0.1, 0.15) is 38.1 Å². The van der Waals surface area contributed by atoms with E-state index in [2.05, 4.69) is 6.07 Å². The molecule has 0 saturated carbocycles. The fourth-order valence-electron chi connectivity index (χ4n) is 1.88. The van der Waals surface area contributed by atoms with Crippen LogP contribution in [0.2, 0.25) is 0 Å². The predicted octanol–water partition coefficient (Wildman–Crippen LogP) is 3.10. The van der Waals surface area contributed by atoms with Gasteiger partial charge in [0.15, 0.2) is 0 Å². The normalized spacial score (nSPS) is 11.8. The second-order valence-electron chi connectivity index (χ2n) is 5.07. The van der Waals surface area contributed by atoms with Crippen LogP contribution in [0.5, 0.6) is 5.75 Å². The van der Waals surface area contributed by atoms with Crippen LogP contribution in [0, 0.1) is 17.2 Å². The molecule has 0 spiro atoms. The minimum atomic E-state index is -0.172.